The number of benzene rings is 2. The molecule has 27 heavy (non-hydrogen) atoms. The Bertz CT molecular complexity index is 935. The SMILES string of the molecule is CC(=O)C(C(=O)Nc1ccc(C)cc1)C1C(=O)c2ccccc2C(=O)C1Cl. The van der Waals surface area contributed by atoms with E-state index in [4.69, 9.17) is 11.6 Å². The second-order valence-corrected chi connectivity index (χ2v) is 7.12. The van der Waals surface area contributed by atoms with Gasteiger partial charge in [0.1, 0.15) is 17.1 Å². The van der Waals surface area contributed by atoms with Crippen molar-refractivity contribution in [1.29, 1.82) is 0 Å². The molecule has 138 valence electrons. The van der Waals surface area contributed by atoms with Crippen LogP contribution >= 0.6 is 11.6 Å². The summed E-state index contributed by atoms with van der Waals surface area (Å²) in [6, 6.07) is 13.3. The molecule has 3 rings (SSSR count). The van der Waals surface area contributed by atoms with Crippen molar-refractivity contribution in [3.63, 3.8) is 0 Å². The molecule has 3 atom stereocenters. The minimum Gasteiger partial charge on any atom is -0.325 e. The maximum atomic E-state index is 13.0. The van der Waals surface area contributed by atoms with Crippen LogP contribution < -0.4 is 5.32 Å². The topological polar surface area (TPSA) is 80.3 Å². The largest absolute Gasteiger partial charge is 0.325 e. The molecule has 5 nitrogen and oxygen atoms in total. The number of aryl methyl sites for hydroxylation is 1. The maximum Gasteiger partial charge on any atom is 0.235 e. The molecule has 2 aromatic rings. The number of alkyl halides is 1. The highest BCUT2D eigenvalue weighted by Gasteiger charge is 2.48. The highest BCUT2D eigenvalue weighted by Crippen LogP contribution is 2.35. The molecule has 0 fully saturated rings. The van der Waals surface area contributed by atoms with Crippen molar-refractivity contribution in [1.82, 2.24) is 0 Å². The Morgan fingerprint density at radius 3 is 2.07 bits per heavy atom. The quantitative estimate of drug-likeness (QED) is 0.647. The van der Waals surface area contributed by atoms with Crippen LogP contribution in [0.4, 0.5) is 5.69 Å². The molecule has 1 aliphatic rings. The number of fused-ring (bicyclic) bond motifs is 1. The van der Waals surface area contributed by atoms with Crippen molar-refractivity contribution in [3.8, 4) is 0 Å². The molecule has 3 unspecified atom stereocenters. The molecule has 0 aromatic heterocycles. The van der Waals surface area contributed by atoms with Crippen LogP contribution in [0.5, 0.6) is 0 Å². The van der Waals surface area contributed by atoms with E-state index in [1.807, 2.05) is 19.1 Å². The number of hydrogen-bond donors (Lipinski definition) is 1. The van der Waals surface area contributed by atoms with Crippen molar-refractivity contribution in [2.45, 2.75) is 19.2 Å². The van der Waals surface area contributed by atoms with Gasteiger partial charge in [-0.05, 0) is 26.0 Å². The number of ketones is 3. The van der Waals surface area contributed by atoms with Crippen LogP contribution in [0.25, 0.3) is 0 Å². The van der Waals surface area contributed by atoms with Crippen LogP contribution in [0.15, 0.2) is 48.5 Å². The molecule has 1 amide bonds. The summed E-state index contributed by atoms with van der Waals surface area (Å²) >= 11 is 6.26. The fourth-order valence-electron chi connectivity index (χ4n) is 3.31. The molecular formula is C21H18ClNO4. The lowest BCUT2D eigenvalue weighted by atomic mass is 9.73. The van der Waals surface area contributed by atoms with Crippen molar-refractivity contribution in [2.24, 2.45) is 11.8 Å². The van der Waals surface area contributed by atoms with Gasteiger partial charge in [-0.1, -0.05) is 42.0 Å². The fourth-order valence-corrected chi connectivity index (χ4v) is 3.69. The molecule has 6 heteroatoms. The van der Waals surface area contributed by atoms with Gasteiger partial charge in [0.05, 0.1) is 5.92 Å². The summed E-state index contributed by atoms with van der Waals surface area (Å²) in [4.78, 5) is 50.6. The van der Waals surface area contributed by atoms with Gasteiger partial charge in [0.2, 0.25) is 5.91 Å². The normalized spacial score (nSPS) is 20.0. The highest BCUT2D eigenvalue weighted by atomic mass is 35.5. The van der Waals surface area contributed by atoms with Crippen LogP contribution in [0.3, 0.4) is 0 Å². The van der Waals surface area contributed by atoms with E-state index in [2.05, 4.69) is 5.32 Å². The van der Waals surface area contributed by atoms with Gasteiger partial charge in [-0.2, -0.15) is 0 Å². The Hall–Kier alpha value is -2.79. The number of anilines is 1. The van der Waals surface area contributed by atoms with Crippen molar-refractivity contribution >= 4 is 40.5 Å². The molecule has 0 aliphatic heterocycles. The van der Waals surface area contributed by atoms with Crippen LogP contribution in [-0.4, -0.2) is 28.6 Å². The number of Topliss-reactive ketones (excluding diaryl/α,β-unsaturated/α-hetero) is 3. The first-order valence-corrected chi connectivity index (χ1v) is 8.94. The molecule has 1 aliphatic carbocycles. The third-order valence-electron chi connectivity index (χ3n) is 4.73. The number of carbonyl (C=O) groups excluding carboxylic acids is 4. The molecule has 0 saturated heterocycles. The van der Waals surface area contributed by atoms with Gasteiger partial charge in [-0.3, -0.25) is 19.2 Å². The number of halogens is 1. The minimum atomic E-state index is -1.35. The summed E-state index contributed by atoms with van der Waals surface area (Å²) < 4.78 is 0. The summed E-state index contributed by atoms with van der Waals surface area (Å²) in [5.74, 6) is -4.68. The molecular weight excluding hydrogens is 366 g/mol. The van der Waals surface area contributed by atoms with E-state index in [-0.39, 0.29) is 11.1 Å². The standard InChI is InChI=1S/C21H18ClNO4/c1-11-7-9-13(10-8-11)23-21(27)16(12(2)24)17-18(22)20(26)15-6-4-3-5-14(15)19(17)25/h3-10,16-18H,1-2H3,(H,23,27). The average molecular weight is 384 g/mol. The molecule has 1 N–H and O–H groups in total. The lowest BCUT2D eigenvalue weighted by molar-refractivity contribution is -0.131. The Morgan fingerprint density at radius 1 is 0.963 bits per heavy atom. The predicted octanol–water partition coefficient (Wildman–Crippen LogP) is 3.44. The zero-order valence-electron chi connectivity index (χ0n) is 14.9. The fraction of sp³-hybridized carbons (Fsp3) is 0.238. The summed E-state index contributed by atoms with van der Waals surface area (Å²) in [7, 11) is 0. The molecule has 0 heterocycles. The molecule has 0 spiro atoms. The summed E-state index contributed by atoms with van der Waals surface area (Å²) in [6.45, 7) is 3.13. The first-order valence-electron chi connectivity index (χ1n) is 8.50. The third kappa shape index (κ3) is 3.55. The lowest BCUT2D eigenvalue weighted by Gasteiger charge is -2.31. The van der Waals surface area contributed by atoms with Crippen molar-refractivity contribution < 1.29 is 19.2 Å². The van der Waals surface area contributed by atoms with Gasteiger partial charge in [0.25, 0.3) is 0 Å². The number of rotatable bonds is 4. The van der Waals surface area contributed by atoms with Gasteiger partial charge in [-0.15, -0.1) is 11.6 Å². The number of hydrogen-bond acceptors (Lipinski definition) is 4. The summed E-state index contributed by atoms with van der Waals surface area (Å²) in [6.07, 6.45) is 0. The average Bonchev–Trinajstić information content (AvgIpc) is 2.64. The van der Waals surface area contributed by atoms with E-state index in [0.717, 1.165) is 5.56 Å². The Morgan fingerprint density at radius 2 is 1.52 bits per heavy atom. The number of amides is 1. The van der Waals surface area contributed by atoms with E-state index in [1.165, 1.54) is 19.1 Å². The Kier molecular flexibility index (Phi) is 5.24. The van der Waals surface area contributed by atoms with Gasteiger partial charge in [0.15, 0.2) is 11.6 Å². The van der Waals surface area contributed by atoms with Crippen LogP contribution in [0.1, 0.15) is 33.2 Å². The predicted molar refractivity (Wildman–Crippen MR) is 102 cm³/mol. The van der Waals surface area contributed by atoms with Gasteiger partial charge >= 0.3 is 0 Å². The number of carbonyl (C=O) groups is 4. The van der Waals surface area contributed by atoms with E-state index >= 15 is 0 Å². The molecule has 0 radical (unpaired) electrons. The van der Waals surface area contributed by atoms with Gasteiger partial charge < -0.3 is 5.32 Å². The third-order valence-corrected chi connectivity index (χ3v) is 5.19. The van der Waals surface area contributed by atoms with E-state index in [1.54, 1.807) is 24.3 Å². The van der Waals surface area contributed by atoms with Crippen LogP contribution in [0, 0.1) is 18.8 Å². The lowest BCUT2D eigenvalue weighted by Crippen LogP contribution is -2.48. The van der Waals surface area contributed by atoms with Gasteiger partial charge in [-0.25, -0.2) is 0 Å². The highest BCUT2D eigenvalue weighted by molar-refractivity contribution is 6.39. The first-order chi connectivity index (χ1) is 12.8. The molecule has 2 aromatic carbocycles. The van der Waals surface area contributed by atoms with Crippen molar-refractivity contribution in [3.05, 3.63) is 65.2 Å². The summed E-state index contributed by atoms with van der Waals surface area (Å²) in [5.41, 5.74) is 1.93. The van der Waals surface area contributed by atoms with E-state index in [9.17, 15) is 19.2 Å². The molecule has 0 saturated carbocycles. The number of nitrogens with one attached hydrogen (secondary N) is 1. The van der Waals surface area contributed by atoms with Crippen LogP contribution in [0.2, 0.25) is 0 Å². The Balaban J connectivity index is 1.96. The monoisotopic (exact) mass is 383 g/mol. The second-order valence-electron chi connectivity index (χ2n) is 6.65. The van der Waals surface area contributed by atoms with Crippen LogP contribution in [-0.2, 0) is 9.59 Å². The van der Waals surface area contributed by atoms with E-state index in [0.29, 0.717) is 5.69 Å². The maximum absolute atomic E-state index is 13.0. The minimum absolute atomic E-state index is 0.193. The van der Waals surface area contributed by atoms with Gasteiger partial charge in [0, 0.05) is 16.8 Å². The zero-order valence-corrected chi connectivity index (χ0v) is 15.6. The smallest absolute Gasteiger partial charge is 0.235 e. The summed E-state index contributed by atoms with van der Waals surface area (Å²) in [5, 5.41) is 1.37. The zero-order chi connectivity index (χ0) is 19.7. The van der Waals surface area contributed by atoms with E-state index < -0.39 is 40.5 Å². The first kappa shape index (κ1) is 19.0. The second kappa shape index (κ2) is 7.45. The van der Waals surface area contributed by atoms with Crippen molar-refractivity contribution in [2.75, 3.05) is 5.32 Å². The Labute approximate surface area is 161 Å². The molecule has 0 bridgehead atoms.